The molecule has 18 heavy (non-hydrogen) atoms. The lowest BCUT2D eigenvalue weighted by Gasteiger charge is -2.17. The first-order valence-corrected chi connectivity index (χ1v) is 6.64. The molecule has 0 spiro atoms. The van der Waals surface area contributed by atoms with Crippen LogP contribution in [-0.4, -0.2) is 38.6 Å². The number of nitrogen functional groups attached to an aromatic ring is 1. The Bertz CT molecular complexity index is 586. The van der Waals surface area contributed by atoms with Crippen LogP contribution in [0.25, 0.3) is 11.0 Å². The summed E-state index contributed by atoms with van der Waals surface area (Å²) in [6, 6.07) is 3.32. The number of pyridine rings is 1. The van der Waals surface area contributed by atoms with Crippen LogP contribution in [0.15, 0.2) is 18.5 Å². The van der Waals surface area contributed by atoms with Gasteiger partial charge in [-0.3, -0.25) is 9.88 Å². The second kappa shape index (κ2) is 3.68. The number of likely N-dealkylation sites (tertiary alicyclic amines) is 1. The summed E-state index contributed by atoms with van der Waals surface area (Å²) in [5, 5.41) is 0. The summed E-state index contributed by atoms with van der Waals surface area (Å²) in [4.78, 5) is 11.1. The van der Waals surface area contributed by atoms with Gasteiger partial charge in [-0.05, 0) is 25.3 Å². The third-order valence-electron chi connectivity index (χ3n) is 4.14. The molecule has 2 fully saturated rings. The van der Waals surface area contributed by atoms with Gasteiger partial charge >= 0.3 is 0 Å². The molecule has 3 heterocycles. The molecule has 2 N–H and O–H groups in total. The van der Waals surface area contributed by atoms with Gasteiger partial charge in [0.15, 0.2) is 0 Å². The molecule has 2 aromatic heterocycles. The van der Waals surface area contributed by atoms with E-state index in [0.717, 1.165) is 23.6 Å². The van der Waals surface area contributed by atoms with Crippen LogP contribution in [0.3, 0.4) is 0 Å². The van der Waals surface area contributed by atoms with E-state index in [1.54, 1.807) is 6.20 Å². The van der Waals surface area contributed by atoms with Gasteiger partial charge in [0, 0.05) is 25.3 Å². The monoisotopic (exact) mass is 243 g/mol. The number of nitrogens with two attached hydrogens (primary N) is 1. The summed E-state index contributed by atoms with van der Waals surface area (Å²) in [5.41, 5.74) is 8.09. The molecule has 1 unspecified atom stereocenters. The molecule has 5 heteroatoms. The van der Waals surface area contributed by atoms with Crippen LogP contribution in [0.4, 0.5) is 5.95 Å². The molecule has 0 amide bonds. The van der Waals surface area contributed by atoms with E-state index < -0.39 is 0 Å². The molecule has 0 bridgehead atoms. The third-order valence-corrected chi connectivity index (χ3v) is 4.14. The van der Waals surface area contributed by atoms with Crippen molar-refractivity contribution >= 4 is 17.0 Å². The zero-order valence-corrected chi connectivity index (χ0v) is 10.3. The first-order valence-electron chi connectivity index (χ1n) is 6.64. The average molecular weight is 243 g/mol. The van der Waals surface area contributed by atoms with E-state index in [2.05, 4.69) is 19.4 Å². The van der Waals surface area contributed by atoms with Gasteiger partial charge in [-0.15, -0.1) is 0 Å². The highest BCUT2D eigenvalue weighted by atomic mass is 15.3. The van der Waals surface area contributed by atoms with Crippen LogP contribution in [0.2, 0.25) is 0 Å². The number of aromatic nitrogens is 3. The molecule has 94 valence electrons. The summed E-state index contributed by atoms with van der Waals surface area (Å²) in [7, 11) is 0. The Balaban J connectivity index is 1.71. The van der Waals surface area contributed by atoms with Crippen LogP contribution >= 0.6 is 0 Å². The summed E-state index contributed by atoms with van der Waals surface area (Å²) in [6.07, 6.45) is 7.52. The fourth-order valence-corrected chi connectivity index (χ4v) is 3.10. The maximum absolute atomic E-state index is 6.08. The van der Waals surface area contributed by atoms with Crippen LogP contribution in [0.5, 0.6) is 0 Å². The normalized spacial score (nSPS) is 25.0. The van der Waals surface area contributed by atoms with Crippen molar-refractivity contribution in [2.24, 2.45) is 0 Å². The van der Waals surface area contributed by atoms with Crippen molar-refractivity contribution in [3.8, 4) is 0 Å². The van der Waals surface area contributed by atoms with Crippen molar-refractivity contribution in [3.05, 3.63) is 18.5 Å². The van der Waals surface area contributed by atoms with E-state index >= 15 is 0 Å². The number of hydrogen-bond donors (Lipinski definition) is 1. The van der Waals surface area contributed by atoms with Gasteiger partial charge in [0.05, 0.1) is 17.8 Å². The van der Waals surface area contributed by atoms with Crippen LogP contribution in [-0.2, 0) is 0 Å². The molecule has 0 radical (unpaired) electrons. The van der Waals surface area contributed by atoms with Gasteiger partial charge in [0.25, 0.3) is 0 Å². The van der Waals surface area contributed by atoms with Crippen molar-refractivity contribution in [2.75, 3.05) is 18.8 Å². The van der Waals surface area contributed by atoms with E-state index in [1.165, 1.54) is 25.8 Å². The van der Waals surface area contributed by atoms with Gasteiger partial charge in [-0.1, -0.05) is 0 Å². The van der Waals surface area contributed by atoms with Crippen LogP contribution < -0.4 is 5.73 Å². The largest absolute Gasteiger partial charge is 0.369 e. The Labute approximate surface area is 106 Å². The summed E-state index contributed by atoms with van der Waals surface area (Å²) >= 11 is 0. The van der Waals surface area contributed by atoms with E-state index in [9.17, 15) is 0 Å². The molecule has 0 aromatic carbocycles. The van der Waals surface area contributed by atoms with Gasteiger partial charge in [-0.25, -0.2) is 4.98 Å². The first-order chi connectivity index (χ1) is 8.83. The summed E-state index contributed by atoms with van der Waals surface area (Å²) < 4.78 is 2.19. The Kier molecular flexibility index (Phi) is 2.11. The van der Waals surface area contributed by atoms with Gasteiger partial charge in [-0.2, -0.15) is 0 Å². The Morgan fingerprint density at radius 1 is 1.22 bits per heavy atom. The van der Waals surface area contributed by atoms with E-state index in [4.69, 9.17) is 5.73 Å². The van der Waals surface area contributed by atoms with Crippen molar-refractivity contribution in [1.82, 2.24) is 19.4 Å². The predicted molar refractivity (Wildman–Crippen MR) is 70.2 cm³/mol. The number of fused-ring (bicyclic) bond motifs is 1. The Morgan fingerprint density at radius 3 is 2.94 bits per heavy atom. The number of nitrogens with zero attached hydrogens (tertiary/aromatic N) is 4. The predicted octanol–water partition coefficient (Wildman–Crippen LogP) is 1.42. The molecule has 1 saturated carbocycles. The second-order valence-electron chi connectivity index (χ2n) is 5.37. The molecule has 4 rings (SSSR count). The third kappa shape index (κ3) is 1.50. The highest BCUT2D eigenvalue weighted by Crippen LogP contribution is 2.35. The van der Waals surface area contributed by atoms with Crippen LogP contribution in [0, 0.1) is 0 Å². The molecular formula is C13H17N5. The molecule has 5 nitrogen and oxygen atoms in total. The molecular weight excluding hydrogens is 226 g/mol. The molecule has 2 aromatic rings. The first kappa shape index (κ1) is 10.3. The topological polar surface area (TPSA) is 60.0 Å². The number of hydrogen-bond acceptors (Lipinski definition) is 4. The lowest BCUT2D eigenvalue weighted by atomic mass is 10.2. The van der Waals surface area contributed by atoms with Gasteiger partial charge < -0.3 is 10.3 Å². The highest BCUT2D eigenvalue weighted by molar-refractivity contribution is 5.77. The fraction of sp³-hybridized carbons (Fsp3) is 0.538. The maximum atomic E-state index is 6.08. The standard InChI is InChI=1S/C13H17N5/c14-13-16-11-7-15-5-3-12(11)18(13)10-4-6-17(8-10)9-1-2-9/h3,5,7,9-10H,1-2,4,6,8H2,(H2,14,16). The minimum atomic E-state index is 0.470. The number of rotatable bonds is 2. The lowest BCUT2D eigenvalue weighted by molar-refractivity contribution is 0.315. The van der Waals surface area contributed by atoms with Crippen molar-refractivity contribution in [3.63, 3.8) is 0 Å². The number of anilines is 1. The van der Waals surface area contributed by atoms with E-state index in [1.807, 2.05) is 12.3 Å². The molecule has 1 saturated heterocycles. The van der Waals surface area contributed by atoms with Crippen LogP contribution in [0.1, 0.15) is 25.3 Å². The van der Waals surface area contributed by atoms with Crippen molar-refractivity contribution in [1.29, 1.82) is 0 Å². The fourth-order valence-electron chi connectivity index (χ4n) is 3.10. The molecule has 1 aliphatic carbocycles. The average Bonchev–Trinajstić information content (AvgIpc) is 3.01. The Morgan fingerprint density at radius 2 is 2.11 bits per heavy atom. The Hall–Kier alpha value is -1.62. The zero-order valence-electron chi connectivity index (χ0n) is 10.3. The summed E-state index contributed by atoms with van der Waals surface area (Å²) in [6.45, 7) is 2.31. The van der Waals surface area contributed by atoms with E-state index in [-0.39, 0.29) is 0 Å². The second-order valence-corrected chi connectivity index (χ2v) is 5.37. The molecule has 1 atom stereocenters. The number of imidazole rings is 1. The molecule has 1 aliphatic heterocycles. The van der Waals surface area contributed by atoms with E-state index in [0.29, 0.717) is 12.0 Å². The minimum absolute atomic E-state index is 0.470. The zero-order chi connectivity index (χ0) is 12.1. The SMILES string of the molecule is Nc1nc2cnccc2n1C1CCN(C2CC2)C1. The maximum Gasteiger partial charge on any atom is 0.201 e. The van der Waals surface area contributed by atoms with Gasteiger partial charge in [0.2, 0.25) is 5.95 Å². The van der Waals surface area contributed by atoms with Crippen molar-refractivity contribution in [2.45, 2.75) is 31.3 Å². The summed E-state index contributed by atoms with van der Waals surface area (Å²) in [5.74, 6) is 0.626. The quantitative estimate of drug-likeness (QED) is 0.866. The minimum Gasteiger partial charge on any atom is -0.369 e. The van der Waals surface area contributed by atoms with Crippen molar-refractivity contribution < 1.29 is 0 Å². The lowest BCUT2D eigenvalue weighted by Crippen LogP contribution is -2.24. The van der Waals surface area contributed by atoms with Gasteiger partial charge in [0.1, 0.15) is 5.52 Å². The highest BCUT2D eigenvalue weighted by Gasteiger charge is 2.35. The smallest absolute Gasteiger partial charge is 0.201 e. The molecule has 2 aliphatic rings.